The molecule has 9 heteroatoms. The second-order valence-electron chi connectivity index (χ2n) is 6.21. The number of anilines is 1. The number of carbonyl (C=O) groups is 1. The summed E-state index contributed by atoms with van der Waals surface area (Å²) < 4.78 is 26.5. The zero-order chi connectivity index (χ0) is 19.1. The molecule has 8 nitrogen and oxygen atoms in total. The van der Waals surface area contributed by atoms with Gasteiger partial charge in [0.2, 0.25) is 10.0 Å². The Hall–Kier alpha value is -2.52. The van der Waals surface area contributed by atoms with Gasteiger partial charge in [-0.15, -0.1) is 0 Å². The summed E-state index contributed by atoms with van der Waals surface area (Å²) in [5.41, 5.74) is 0.325. The fourth-order valence-corrected chi connectivity index (χ4v) is 4.40. The highest BCUT2D eigenvalue weighted by Gasteiger charge is 2.26. The van der Waals surface area contributed by atoms with E-state index in [1.807, 2.05) is 18.2 Å². The van der Waals surface area contributed by atoms with E-state index in [4.69, 9.17) is 0 Å². The molecule has 27 heavy (non-hydrogen) atoms. The largest absolute Gasteiger partial charge is 0.354 e. The average molecular weight is 389 g/mol. The first-order valence-electron chi connectivity index (χ1n) is 8.89. The minimum Gasteiger partial charge on any atom is -0.354 e. The van der Waals surface area contributed by atoms with Gasteiger partial charge in [-0.1, -0.05) is 12.1 Å². The average Bonchev–Trinajstić information content (AvgIpc) is 2.72. The molecule has 1 aliphatic heterocycles. The number of piperazine rings is 1. The summed E-state index contributed by atoms with van der Waals surface area (Å²) >= 11 is 0. The van der Waals surface area contributed by atoms with E-state index in [1.54, 1.807) is 30.6 Å². The second kappa shape index (κ2) is 8.92. The van der Waals surface area contributed by atoms with Gasteiger partial charge in [0.25, 0.3) is 5.91 Å². The molecule has 0 bridgehead atoms. The minimum absolute atomic E-state index is 0.0130. The van der Waals surface area contributed by atoms with Crippen LogP contribution in [0.3, 0.4) is 0 Å². The molecule has 0 atom stereocenters. The molecule has 2 aromatic heterocycles. The summed E-state index contributed by atoms with van der Waals surface area (Å²) in [4.78, 5) is 22.2. The van der Waals surface area contributed by atoms with Crippen LogP contribution in [-0.4, -0.2) is 67.1 Å². The first-order valence-corrected chi connectivity index (χ1v) is 10.5. The Bertz CT molecular complexity index is 838. The van der Waals surface area contributed by atoms with Gasteiger partial charge in [0.15, 0.2) is 0 Å². The molecule has 0 radical (unpaired) electrons. The number of aromatic nitrogens is 2. The lowest BCUT2D eigenvalue weighted by atomic mass is 10.3. The standard InChI is InChI=1S/C18H23N5O3S/c24-18(16-6-1-3-8-19-16)21-10-5-15-27(25,26)23-13-11-22(12-14-23)17-7-2-4-9-20-17/h1-4,6-9H,5,10-15H2,(H,21,24). The molecular weight excluding hydrogens is 366 g/mol. The van der Waals surface area contributed by atoms with Crippen molar-refractivity contribution in [2.24, 2.45) is 0 Å². The maximum atomic E-state index is 12.5. The smallest absolute Gasteiger partial charge is 0.269 e. The van der Waals surface area contributed by atoms with E-state index in [9.17, 15) is 13.2 Å². The Morgan fingerprint density at radius 3 is 2.33 bits per heavy atom. The lowest BCUT2D eigenvalue weighted by Gasteiger charge is -2.34. The molecule has 2 aromatic rings. The van der Waals surface area contributed by atoms with E-state index >= 15 is 0 Å². The van der Waals surface area contributed by atoms with Crippen molar-refractivity contribution in [3.05, 3.63) is 54.5 Å². The van der Waals surface area contributed by atoms with Crippen LogP contribution in [0, 0.1) is 0 Å². The van der Waals surface area contributed by atoms with Crippen molar-refractivity contribution < 1.29 is 13.2 Å². The van der Waals surface area contributed by atoms with Crippen LogP contribution in [0.5, 0.6) is 0 Å². The van der Waals surface area contributed by atoms with Crippen molar-refractivity contribution in [3.8, 4) is 0 Å². The van der Waals surface area contributed by atoms with Crippen LogP contribution in [-0.2, 0) is 10.0 Å². The molecule has 1 aliphatic rings. The number of pyridine rings is 2. The topological polar surface area (TPSA) is 95.5 Å². The fraction of sp³-hybridized carbons (Fsp3) is 0.389. The molecule has 0 saturated carbocycles. The monoisotopic (exact) mass is 389 g/mol. The number of hydrogen-bond donors (Lipinski definition) is 1. The Balaban J connectivity index is 1.42. The predicted octanol–water partition coefficient (Wildman–Crippen LogP) is 0.749. The van der Waals surface area contributed by atoms with Gasteiger partial charge in [-0.3, -0.25) is 9.78 Å². The molecule has 1 fully saturated rings. The quantitative estimate of drug-likeness (QED) is 0.702. The molecule has 3 rings (SSSR count). The van der Waals surface area contributed by atoms with E-state index < -0.39 is 10.0 Å². The van der Waals surface area contributed by atoms with Crippen molar-refractivity contribution in [2.45, 2.75) is 6.42 Å². The van der Waals surface area contributed by atoms with E-state index in [2.05, 4.69) is 20.2 Å². The van der Waals surface area contributed by atoms with Crippen LogP contribution in [0.2, 0.25) is 0 Å². The number of hydrogen-bond acceptors (Lipinski definition) is 6. The highest BCUT2D eigenvalue weighted by Crippen LogP contribution is 2.15. The minimum atomic E-state index is -3.33. The summed E-state index contributed by atoms with van der Waals surface area (Å²) in [6.07, 6.45) is 3.64. The van der Waals surface area contributed by atoms with Gasteiger partial charge in [-0.25, -0.2) is 13.4 Å². The number of carbonyl (C=O) groups excluding carboxylic acids is 1. The summed E-state index contributed by atoms with van der Waals surface area (Å²) in [5.74, 6) is 0.586. The number of nitrogens with one attached hydrogen (secondary N) is 1. The molecule has 0 aromatic carbocycles. The lowest BCUT2D eigenvalue weighted by molar-refractivity contribution is 0.0948. The molecule has 0 aliphatic carbocycles. The zero-order valence-corrected chi connectivity index (χ0v) is 15.8. The normalized spacial score (nSPS) is 15.5. The summed E-state index contributed by atoms with van der Waals surface area (Å²) in [5, 5.41) is 2.70. The van der Waals surface area contributed by atoms with E-state index in [-0.39, 0.29) is 11.7 Å². The molecule has 0 unspecified atom stereocenters. The number of nitrogens with zero attached hydrogens (tertiary/aromatic N) is 4. The van der Waals surface area contributed by atoms with Crippen LogP contribution in [0.25, 0.3) is 0 Å². The van der Waals surface area contributed by atoms with Crippen molar-refractivity contribution in [3.63, 3.8) is 0 Å². The molecule has 1 N–H and O–H groups in total. The van der Waals surface area contributed by atoms with Gasteiger partial charge < -0.3 is 10.2 Å². The van der Waals surface area contributed by atoms with Crippen LogP contribution < -0.4 is 10.2 Å². The first-order chi connectivity index (χ1) is 13.1. The maximum Gasteiger partial charge on any atom is 0.269 e. The summed E-state index contributed by atoms with van der Waals surface area (Å²) in [6.45, 7) is 2.42. The fourth-order valence-electron chi connectivity index (χ4n) is 2.91. The van der Waals surface area contributed by atoms with Crippen molar-refractivity contribution in [1.82, 2.24) is 19.6 Å². The molecule has 0 spiro atoms. The van der Waals surface area contributed by atoms with Crippen LogP contribution in [0.15, 0.2) is 48.8 Å². The van der Waals surface area contributed by atoms with Crippen molar-refractivity contribution in [1.29, 1.82) is 0 Å². The van der Waals surface area contributed by atoms with E-state index in [0.717, 1.165) is 5.82 Å². The molecule has 1 amide bonds. The Morgan fingerprint density at radius 2 is 1.70 bits per heavy atom. The predicted molar refractivity (Wildman–Crippen MR) is 103 cm³/mol. The van der Waals surface area contributed by atoms with Crippen molar-refractivity contribution >= 4 is 21.7 Å². The summed E-state index contributed by atoms with van der Waals surface area (Å²) in [7, 11) is -3.33. The van der Waals surface area contributed by atoms with Crippen molar-refractivity contribution in [2.75, 3.05) is 43.4 Å². The highest BCUT2D eigenvalue weighted by atomic mass is 32.2. The number of sulfonamides is 1. The molecule has 1 saturated heterocycles. The number of amides is 1. The first kappa shape index (κ1) is 19.2. The van der Waals surface area contributed by atoms with Crippen LogP contribution in [0.1, 0.15) is 16.9 Å². The third-order valence-corrected chi connectivity index (χ3v) is 6.32. The van der Waals surface area contributed by atoms with Gasteiger partial charge in [0.05, 0.1) is 5.75 Å². The van der Waals surface area contributed by atoms with Gasteiger partial charge in [-0.05, 0) is 30.7 Å². The third kappa shape index (κ3) is 5.24. The van der Waals surface area contributed by atoms with Gasteiger partial charge >= 0.3 is 0 Å². The van der Waals surface area contributed by atoms with Gasteiger partial charge in [-0.2, -0.15) is 4.31 Å². The highest BCUT2D eigenvalue weighted by molar-refractivity contribution is 7.89. The Kier molecular flexibility index (Phi) is 6.36. The SMILES string of the molecule is O=C(NCCCS(=O)(=O)N1CCN(c2ccccn2)CC1)c1ccccn1. The van der Waals surface area contributed by atoms with Crippen LogP contribution in [0.4, 0.5) is 5.82 Å². The Labute approximate surface area is 159 Å². The second-order valence-corrected chi connectivity index (χ2v) is 8.30. The van der Waals surface area contributed by atoms with Crippen LogP contribution >= 0.6 is 0 Å². The lowest BCUT2D eigenvalue weighted by Crippen LogP contribution is -2.49. The van der Waals surface area contributed by atoms with E-state index in [1.165, 1.54) is 4.31 Å². The third-order valence-electron chi connectivity index (χ3n) is 4.37. The number of rotatable bonds is 7. The molecule has 144 valence electrons. The van der Waals surface area contributed by atoms with Gasteiger partial charge in [0, 0.05) is 45.1 Å². The molecule has 3 heterocycles. The maximum absolute atomic E-state index is 12.5. The van der Waals surface area contributed by atoms with Gasteiger partial charge in [0.1, 0.15) is 11.5 Å². The zero-order valence-electron chi connectivity index (χ0n) is 15.0. The van der Waals surface area contributed by atoms with E-state index in [0.29, 0.717) is 44.8 Å². The molecular formula is C18H23N5O3S. The summed E-state index contributed by atoms with van der Waals surface area (Å²) in [6, 6.07) is 10.8. The Morgan fingerprint density at radius 1 is 1.00 bits per heavy atom.